The Morgan fingerprint density at radius 3 is 3.00 bits per heavy atom. The first-order valence-corrected chi connectivity index (χ1v) is 7.25. The quantitative estimate of drug-likeness (QED) is 0.844. The first-order valence-electron chi connectivity index (χ1n) is 7.25. The molecule has 4 rings (SSSR count). The van der Waals surface area contributed by atoms with E-state index in [2.05, 4.69) is 25.6 Å². The van der Waals surface area contributed by atoms with Crippen molar-refractivity contribution >= 4 is 0 Å². The van der Waals surface area contributed by atoms with Gasteiger partial charge in [0.25, 0.3) is 0 Å². The minimum atomic E-state index is 0.330. The van der Waals surface area contributed by atoms with Crippen LogP contribution in [0.2, 0.25) is 0 Å². The fourth-order valence-electron chi connectivity index (χ4n) is 2.99. The van der Waals surface area contributed by atoms with Crippen LogP contribution < -0.4 is 0 Å². The highest BCUT2D eigenvalue weighted by Gasteiger charge is 2.32. The highest BCUT2D eigenvalue weighted by Crippen LogP contribution is 2.36. The van der Waals surface area contributed by atoms with Crippen molar-refractivity contribution in [2.75, 3.05) is 6.54 Å². The molecule has 2 aromatic rings. The number of rotatable bonds is 4. The van der Waals surface area contributed by atoms with Crippen LogP contribution >= 0.6 is 0 Å². The van der Waals surface area contributed by atoms with Crippen LogP contribution in [0.5, 0.6) is 0 Å². The summed E-state index contributed by atoms with van der Waals surface area (Å²) in [7, 11) is 0. The van der Waals surface area contributed by atoms with Gasteiger partial charge in [-0.1, -0.05) is 5.16 Å². The number of tetrazole rings is 1. The Bertz CT molecular complexity index is 602. The zero-order chi connectivity index (χ0) is 13.5. The predicted octanol–water partition coefficient (Wildman–Crippen LogP) is 1.64. The van der Waals surface area contributed by atoms with Gasteiger partial charge in [-0.25, -0.2) is 4.68 Å². The number of aryl methyl sites for hydroxylation is 1. The van der Waals surface area contributed by atoms with E-state index in [1.54, 1.807) is 0 Å². The lowest BCUT2D eigenvalue weighted by Crippen LogP contribution is -2.25. The predicted molar refractivity (Wildman–Crippen MR) is 69.7 cm³/mol. The lowest BCUT2D eigenvalue weighted by Gasteiger charge is -2.21. The molecule has 1 aliphatic carbocycles. The van der Waals surface area contributed by atoms with Gasteiger partial charge in [0.05, 0.1) is 18.6 Å². The molecule has 20 heavy (non-hydrogen) atoms. The van der Waals surface area contributed by atoms with Gasteiger partial charge < -0.3 is 4.52 Å². The smallest absolute Gasteiger partial charge is 0.165 e. The van der Waals surface area contributed by atoms with Gasteiger partial charge in [-0.2, -0.15) is 0 Å². The van der Waals surface area contributed by atoms with E-state index < -0.39 is 0 Å². The summed E-state index contributed by atoms with van der Waals surface area (Å²) in [6.45, 7) is 3.79. The fraction of sp³-hybridized carbons (Fsp3) is 0.692. The van der Waals surface area contributed by atoms with Crippen LogP contribution in [0.1, 0.15) is 55.0 Å². The van der Waals surface area contributed by atoms with Gasteiger partial charge in [-0.3, -0.25) is 4.90 Å². The van der Waals surface area contributed by atoms with E-state index in [0.717, 1.165) is 36.8 Å². The molecule has 3 heterocycles. The topological polar surface area (TPSA) is 72.9 Å². The first kappa shape index (κ1) is 12.0. The second-order valence-corrected chi connectivity index (χ2v) is 5.76. The summed E-state index contributed by atoms with van der Waals surface area (Å²) in [6.07, 6.45) is 4.70. The molecule has 106 valence electrons. The van der Waals surface area contributed by atoms with Gasteiger partial charge in [-0.05, 0) is 49.6 Å². The zero-order valence-corrected chi connectivity index (χ0v) is 11.6. The Morgan fingerprint density at radius 2 is 2.25 bits per heavy atom. The summed E-state index contributed by atoms with van der Waals surface area (Å²) in [4.78, 5) is 2.40. The zero-order valence-electron chi connectivity index (χ0n) is 11.6. The van der Waals surface area contributed by atoms with Crippen molar-refractivity contribution in [3.63, 3.8) is 0 Å². The number of hydrogen-bond donors (Lipinski definition) is 0. The van der Waals surface area contributed by atoms with Gasteiger partial charge >= 0.3 is 0 Å². The molecular formula is C13H18N6O. The molecule has 1 saturated heterocycles. The Balaban J connectivity index is 1.53. The highest BCUT2D eigenvalue weighted by molar-refractivity contribution is 5.11. The van der Waals surface area contributed by atoms with Crippen LogP contribution in [-0.4, -0.2) is 36.8 Å². The molecule has 7 nitrogen and oxygen atoms in total. The van der Waals surface area contributed by atoms with Crippen LogP contribution in [0.15, 0.2) is 10.6 Å². The van der Waals surface area contributed by atoms with Gasteiger partial charge in [-0.15, -0.1) is 5.10 Å². The minimum absolute atomic E-state index is 0.330. The normalized spacial score (nSPS) is 23.6. The van der Waals surface area contributed by atoms with Crippen molar-refractivity contribution < 1.29 is 4.52 Å². The second-order valence-electron chi connectivity index (χ2n) is 5.76. The molecule has 1 unspecified atom stereocenters. The molecule has 0 N–H and O–H groups in total. The highest BCUT2D eigenvalue weighted by atomic mass is 16.5. The molecule has 2 fully saturated rings. The summed E-state index contributed by atoms with van der Waals surface area (Å²) >= 11 is 0. The van der Waals surface area contributed by atoms with Gasteiger partial charge in [0, 0.05) is 6.07 Å². The van der Waals surface area contributed by atoms with E-state index in [1.165, 1.54) is 19.3 Å². The number of nitrogens with zero attached hydrogens (tertiary/aromatic N) is 6. The van der Waals surface area contributed by atoms with Gasteiger partial charge in [0.1, 0.15) is 11.5 Å². The number of aromatic nitrogens is 5. The van der Waals surface area contributed by atoms with Crippen LogP contribution in [0, 0.1) is 6.92 Å². The van der Waals surface area contributed by atoms with Crippen LogP contribution in [-0.2, 0) is 6.54 Å². The van der Waals surface area contributed by atoms with Crippen molar-refractivity contribution in [2.24, 2.45) is 0 Å². The standard InChI is InChI=1S/C13H18N6O/c1-9-7-11(15-20-9)12-3-2-6-18(12)8-13-14-16-17-19(13)10-4-5-10/h7,10,12H,2-6,8H2,1H3. The average Bonchev–Trinajstić information content (AvgIpc) is 2.86. The van der Waals surface area contributed by atoms with E-state index >= 15 is 0 Å². The molecular weight excluding hydrogens is 256 g/mol. The lowest BCUT2D eigenvalue weighted by molar-refractivity contribution is 0.226. The van der Waals surface area contributed by atoms with Crippen molar-refractivity contribution in [1.29, 1.82) is 0 Å². The van der Waals surface area contributed by atoms with Gasteiger partial charge in [0.2, 0.25) is 0 Å². The van der Waals surface area contributed by atoms with Crippen molar-refractivity contribution in [3.8, 4) is 0 Å². The third kappa shape index (κ3) is 2.11. The van der Waals surface area contributed by atoms with Gasteiger partial charge in [0.15, 0.2) is 5.82 Å². The van der Waals surface area contributed by atoms with E-state index in [0.29, 0.717) is 12.1 Å². The lowest BCUT2D eigenvalue weighted by atomic mass is 10.1. The third-order valence-corrected chi connectivity index (χ3v) is 4.15. The number of likely N-dealkylation sites (tertiary alicyclic amines) is 1. The monoisotopic (exact) mass is 274 g/mol. The molecule has 1 aliphatic heterocycles. The minimum Gasteiger partial charge on any atom is -0.361 e. The molecule has 2 aromatic heterocycles. The van der Waals surface area contributed by atoms with E-state index in [9.17, 15) is 0 Å². The van der Waals surface area contributed by atoms with Crippen molar-refractivity contribution in [3.05, 3.63) is 23.3 Å². The van der Waals surface area contributed by atoms with Crippen LogP contribution in [0.4, 0.5) is 0 Å². The molecule has 0 amide bonds. The Kier molecular flexibility index (Phi) is 2.80. The molecule has 0 bridgehead atoms. The maximum absolute atomic E-state index is 5.21. The van der Waals surface area contributed by atoms with E-state index in [4.69, 9.17) is 4.52 Å². The summed E-state index contributed by atoms with van der Waals surface area (Å²) in [5.41, 5.74) is 1.03. The summed E-state index contributed by atoms with van der Waals surface area (Å²) < 4.78 is 7.20. The molecule has 7 heteroatoms. The maximum atomic E-state index is 5.21. The van der Waals surface area contributed by atoms with E-state index in [1.807, 2.05) is 17.7 Å². The van der Waals surface area contributed by atoms with Crippen LogP contribution in [0.3, 0.4) is 0 Å². The summed E-state index contributed by atoms with van der Waals surface area (Å²) in [5, 5.41) is 16.3. The molecule has 2 aliphatic rings. The molecule has 1 saturated carbocycles. The SMILES string of the molecule is Cc1cc(C2CCCN2Cc2nnnn2C2CC2)no1. The molecule has 0 spiro atoms. The number of hydrogen-bond acceptors (Lipinski definition) is 6. The molecule has 1 atom stereocenters. The summed E-state index contributed by atoms with van der Waals surface area (Å²) in [5.74, 6) is 1.84. The largest absolute Gasteiger partial charge is 0.361 e. The van der Waals surface area contributed by atoms with E-state index in [-0.39, 0.29) is 0 Å². The summed E-state index contributed by atoms with van der Waals surface area (Å²) in [6, 6.07) is 2.89. The van der Waals surface area contributed by atoms with Crippen molar-refractivity contribution in [2.45, 2.75) is 51.2 Å². The van der Waals surface area contributed by atoms with Crippen molar-refractivity contribution in [1.82, 2.24) is 30.3 Å². The Labute approximate surface area is 116 Å². The van der Waals surface area contributed by atoms with Crippen LogP contribution in [0.25, 0.3) is 0 Å². The first-order chi connectivity index (χ1) is 9.81. The average molecular weight is 274 g/mol. The fourth-order valence-corrected chi connectivity index (χ4v) is 2.99. The second kappa shape index (κ2) is 4.66. The maximum Gasteiger partial charge on any atom is 0.165 e. The Hall–Kier alpha value is -1.76. The molecule has 0 radical (unpaired) electrons. The Morgan fingerprint density at radius 1 is 1.35 bits per heavy atom. The third-order valence-electron chi connectivity index (χ3n) is 4.15. The molecule has 0 aromatic carbocycles.